The monoisotopic (exact) mass is 332 g/mol. The highest BCUT2D eigenvalue weighted by Gasteiger charge is 2.15. The zero-order valence-electron chi connectivity index (χ0n) is 15.5. The Balaban J connectivity index is 2.12. The van der Waals surface area contributed by atoms with Crippen molar-refractivity contribution >= 4 is 22.9 Å². The molecule has 1 N–H and O–H groups in total. The Morgan fingerprint density at radius 3 is 2.56 bits per heavy atom. The lowest BCUT2D eigenvalue weighted by molar-refractivity contribution is -0.112. The number of carbonyl (C=O) groups excluding carboxylic acids is 1. The molecule has 3 heteroatoms. The SMILES string of the molecule is CC(=O)/C=C/c1c[nH]c2ncc(-c3cc(C)cc(C(C)(C)C)c3)cc12. The fourth-order valence-electron chi connectivity index (χ4n) is 2.91. The molecule has 0 unspecified atom stereocenters. The van der Waals surface area contributed by atoms with Crippen LogP contribution in [0.4, 0.5) is 0 Å². The summed E-state index contributed by atoms with van der Waals surface area (Å²) >= 11 is 0. The third-order valence-electron chi connectivity index (χ3n) is 4.34. The Labute approximate surface area is 148 Å². The summed E-state index contributed by atoms with van der Waals surface area (Å²) in [7, 11) is 0. The predicted molar refractivity (Wildman–Crippen MR) is 105 cm³/mol. The van der Waals surface area contributed by atoms with Gasteiger partial charge < -0.3 is 4.98 Å². The number of nitrogens with zero attached hydrogens (tertiary/aromatic N) is 1. The summed E-state index contributed by atoms with van der Waals surface area (Å²) in [6.07, 6.45) is 7.21. The molecule has 128 valence electrons. The predicted octanol–water partition coefficient (Wildman–Crippen LogP) is 5.44. The van der Waals surface area contributed by atoms with Gasteiger partial charge in [-0.1, -0.05) is 44.5 Å². The summed E-state index contributed by atoms with van der Waals surface area (Å²) in [5, 5.41) is 1.02. The highest BCUT2D eigenvalue weighted by molar-refractivity contribution is 5.96. The van der Waals surface area contributed by atoms with E-state index in [4.69, 9.17) is 0 Å². The van der Waals surface area contributed by atoms with Crippen LogP contribution in [0, 0.1) is 6.92 Å². The van der Waals surface area contributed by atoms with E-state index in [0.717, 1.165) is 22.2 Å². The highest BCUT2D eigenvalue weighted by Crippen LogP contribution is 2.31. The number of ketones is 1. The van der Waals surface area contributed by atoms with Crippen molar-refractivity contribution in [1.29, 1.82) is 0 Å². The molecule has 3 aromatic rings. The van der Waals surface area contributed by atoms with Gasteiger partial charge in [-0.15, -0.1) is 0 Å². The summed E-state index contributed by atoms with van der Waals surface area (Å²) in [6.45, 7) is 10.4. The fourth-order valence-corrected chi connectivity index (χ4v) is 2.91. The van der Waals surface area contributed by atoms with Crippen molar-refractivity contribution in [2.75, 3.05) is 0 Å². The first-order valence-electron chi connectivity index (χ1n) is 8.52. The first kappa shape index (κ1) is 17.2. The van der Waals surface area contributed by atoms with Crippen molar-refractivity contribution in [3.05, 3.63) is 59.4 Å². The first-order chi connectivity index (χ1) is 11.7. The standard InChI is InChI=1S/C22H24N2O/c1-14-8-17(10-19(9-14)22(3,4)5)18-11-20-16(7-6-15(2)25)12-23-21(20)24-13-18/h6-13H,1-5H3,(H,23,24)/b7-6+. The molecule has 0 aliphatic carbocycles. The molecule has 0 amide bonds. The summed E-state index contributed by atoms with van der Waals surface area (Å²) < 4.78 is 0. The zero-order chi connectivity index (χ0) is 18.2. The van der Waals surface area contributed by atoms with E-state index in [-0.39, 0.29) is 11.2 Å². The lowest BCUT2D eigenvalue weighted by atomic mass is 9.84. The minimum absolute atomic E-state index is 0.0342. The first-order valence-corrected chi connectivity index (χ1v) is 8.52. The molecule has 0 spiro atoms. The maximum absolute atomic E-state index is 11.2. The average Bonchev–Trinajstić information content (AvgIpc) is 2.93. The van der Waals surface area contributed by atoms with Gasteiger partial charge in [-0.3, -0.25) is 4.79 Å². The molecular weight excluding hydrogens is 308 g/mol. The van der Waals surface area contributed by atoms with Gasteiger partial charge in [0.2, 0.25) is 0 Å². The van der Waals surface area contributed by atoms with Gasteiger partial charge >= 0.3 is 0 Å². The van der Waals surface area contributed by atoms with Crippen molar-refractivity contribution in [1.82, 2.24) is 9.97 Å². The van der Waals surface area contributed by atoms with E-state index in [0.29, 0.717) is 0 Å². The normalized spacial score (nSPS) is 12.2. The van der Waals surface area contributed by atoms with E-state index in [1.165, 1.54) is 16.7 Å². The number of aromatic nitrogens is 2. The van der Waals surface area contributed by atoms with Crippen LogP contribution in [-0.2, 0) is 10.2 Å². The van der Waals surface area contributed by atoms with Gasteiger partial charge in [0.1, 0.15) is 5.65 Å². The number of nitrogens with one attached hydrogen (secondary N) is 1. The van der Waals surface area contributed by atoms with Crippen LogP contribution >= 0.6 is 0 Å². The molecule has 0 atom stereocenters. The van der Waals surface area contributed by atoms with Crippen LogP contribution in [0.5, 0.6) is 0 Å². The van der Waals surface area contributed by atoms with E-state index in [1.807, 2.05) is 18.5 Å². The third kappa shape index (κ3) is 3.71. The molecule has 2 heterocycles. The molecule has 3 rings (SSSR count). The van der Waals surface area contributed by atoms with Crippen LogP contribution in [0.1, 0.15) is 44.4 Å². The molecule has 0 radical (unpaired) electrons. The van der Waals surface area contributed by atoms with Crippen LogP contribution in [0.25, 0.3) is 28.2 Å². The second kappa shape index (κ2) is 6.32. The number of benzene rings is 1. The van der Waals surface area contributed by atoms with E-state index in [9.17, 15) is 4.79 Å². The summed E-state index contributed by atoms with van der Waals surface area (Å²) in [6, 6.07) is 8.82. The van der Waals surface area contributed by atoms with E-state index in [2.05, 4.69) is 61.9 Å². The van der Waals surface area contributed by atoms with Gasteiger partial charge in [0, 0.05) is 28.9 Å². The van der Waals surface area contributed by atoms with Crippen molar-refractivity contribution in [3.8, 4) is 11.1 Å². The number of fused-ring (bicyclic) bond motifs is 1. The molecule has 2 aromatic heterocycles. The molecule has 1 aromatic carbocycles. The number of hydrogen-bond donors (Lipinski definition) is 1. The van der Waals surface area contributed by atoms with Gasteiger partial charge in [0.15, 0.2) is 5.78 Å². The molecule has 0 aliphatic heterocycles. The van der Waals surface area contributed by atoms with Gasteiger partial charge in [-0.25, -0.2) is 4.98 Å². The number of allylic oxidation sites excluding steroid dienone is 1. The van der Waals surface area contributed by atoms with Gasteiger partial charge in [-0.2, -0.15) is 0 Å². The van der Waals surface area contributed by atoms with E-state index >= 15 is 0 Å². The average molecular weight is 332 g/mol. The Morgan fingerprint density at radius 1 is 1.12 bits per heavy atom. The minimum Gasteiger partial charge on any atom is -0.346 e. The Morgan fingerprint density at radius 2 is 1.88 bits per heavy atom. The molecular formula is C22H24N2O. The van der Waals surface area contributed by atoms with Gasteiger partial charge in [0.05, 0.1) is 0 Å². The molecule has 25 heavy (non-hydrogen) atoms. The second-order valence-corrected chi connectivity index (χ2v) is 7.65. The summed E-state index contributed by atoms with van der Waals surface area (Å²) in [4.78, 5) is 18.9. The largest absolute Gasteiger partial charge is 0.346 e. The van der Waals surface area contributed by atoms with E-state index < -0.39 is 0 Å². The Kier molecular flexibility index (Phi) is 4.34. The highest BCUT2D eigenvalue weighted by atomic mass is 16.1. The number of aromatic amines is 1. The molecule has 0 saturated carbocycles. The molecule has 0 bridgehead atoms. The maximum Gasteiger partial charge on any atom is 0.152 e. The quantitative estimate of drug-likeness (QED) is 0.649. The number of H-pyrrole nitrogens is 1. The van der Waals surface area contributed by atoms with Crippen molar-refractivity contribution in [2.45, 2.75) is 40.0 Å². The van der Waals surface area contributed by atoms with Crippen LogP contribution in [0.15, 0.2) is 42.7 Å². The molecule has 3 nitrogen and oxygen atoms in total. The van der Waals surface area contributed by atoms with Crippen LogP contribution in [0.2, 0.25) is 0 Å². The number of pyridine rings is 1. The second-order valence-electron chi connectivity index (χ2n) is 7.65. The lowest BCUT2D eigenvalue weighted by Gasteiger charge is -2.21. The molecule has 0 saturated heterocycles. The minimum atomic E-state index is 0.0342. The third-order valence-corrected chi connectivity index (χ3v) is 4.34. The van der Waals surface area contributed by atoms with Crippen LogP contribution < -0.4 is 0 Å². The fraction of sp³-hybridized carbons (Fsp3) is 0.273. The number of carbonyl (C=O) groups is 1. The van der Waals surface area contributed by atoms with Crippen LogP contribution in [0.3, 0.4) is 0 Å². The van der Waals surface area contributed by atoms with E-state index in [1.54, 1.807) is 13.0 Å². The lowest BCUT2D eigenvalue weighted by Crippen LogP contribution is -2.11. The van der Waals surface area contributed by atoms with Crippen molar-refractivity contribution in [3.63, 3.8) is 0 Å². The molecule has 0 aliphatic rings. The Hall–Kier alpha value is -2.68. The molecule has 0 fully saturated rings. The smallest absolute Gasteiger partial charge is 0.152 e. The summed E-state index contributed by atoms with van der Waals surface area (Å²) in [5.74, 6) is 0.0342. The van der Waals surface area contributed by atoms with Crippen molar-refractivity contribution in [2.24, 2.45) is 0 Å². The number of hydrogen-bond acceptors (Lipinski definition) is 2. The zero-order valence-corrected chi connectivity index (χ0v) is 15.5. The number of aryl methyl sites for hydroxylation is 1. The topological polar surface area (TPSA) is 45.8 Å². The van der Waals surface area contributed by atoms with Gasteiger partial charge in [-0.05, 0) is 48.6 Å². The maximum atomic E-state index is 11.2. The van der Waals surface area contributed by atoms with Gasteiger partial charge in [0.25, 0.3) is 0 Å². The Bertz CT molecular complexity index is 971. The van der Waals surface area contributed by atoms with Crippen molar-refractivity contribution < 1.29 is 4.79 Å². The van der Waals surface area contributed by atoms with Crippen LogP contribution in [-0.4, -0.2) is 15.8 Å². The number of rotatable bonds is 3. The summed E-state index contributed by atoms with van der Waals surface area (Å²) in [5.41, 5.74) is 6.71.